The van der Waals surface area contributed by atoms with Gasteiger partial charge in [-0.3, -0.25) is 0 Å². The van der Waals surface area contributed by atoms with Crippen molar-refractivity contribution in [2.45, 2.75) is 83.2 Å². The van der Waals surface area contributed by atoms with Crippen LogP contribution in [-0.2, 0) is 0 Å². The van der Waals surface area contributed by atoms with Crippen LogP contribution in [-0.4, -0.2) is 41.8 Å². The van der Waals surface area contributed by atoms with E-state index in [1.807, 2.05) is 0 Å². The van der Waals surface area contributed by atoms with Crippen LogP contribution >= 0.6 is 0 Å². The van der Waals surface area contributed by atoms with Crippen LogP contribution in [0.25, 0.3) is 0 Å². The van der Waals surface area contributed by atoms with Crippen molar-refractivity contribution >= 4 is 48.8 Å². The fourth-order valence-electron chi connectivity index (χ4n) is 7.25. The third kappa shape index (κ3) is 5.49. The average Bonchev–Trinajstić information content (AvgIpc) is 3.57. The maximum atomic E-state index is 2.38. The summed E-state index contributed by atoms with van der Waals surface area (Å²) >= 11 is -1.64. The fourth-order valence-corrected chi connectivity index (χ4v) is 22.7. The van der Waals surface area contributed by atoms with Gasteiger partial charge in [0.2, 0.25) is 0 Å². The van der Waals surface area contributed by atoms with Crippen molar-refractivity contribution < 1.29 is 0 Å². The zero-order valence-corrected chi connectivity index (χ0v) is 25.7. The molecule has 0 spiro atoms. The van der Waals surface area contributed by atoms with Gasteiger partial charge in [0.25, 0.3) is 0 Å². The van der Waals surface area contributed by atoms with Crippen molar-refractivity contribution in [2.75, 3.05) is 0 Å². The molecule has 4 fully saturated rings. The topological polar surface area (TPSA) is 0 Å². The van der Waals surface area contributed by atoms with E-state index in [-0.39, 0.29) is 21.6 Å². The third-order valence-electron chi connectivity index (χ3n) is 8.60. The molecule has 4 bridgehead atoms. The second kappa shape index (κ2) is 10.4. The van der Waals surface area contributed by atoms with Crippen molar-refractivity contribution in [3.63, 3.8) is 0 Å². The predicted molar refractivity (Wildman–Crippen MR) is 143 cm³/mol. The van der Waals surface area contributed by atoms with Gasteiger partial charge >= 0.3 is 216 Å². The van der Waals surface area contributed by atoms with Crippen LogP contribution in [0.2, 0.25) is 11.1 Å². The monoisotopic (exact) mass is 644 g/mol. The van der Waals surface area contributed by atoms with Gasteiger partial charge in [-0.05, 0) is 0 Å². The molecule has 2 aromatic carbocycles. The molecule has 0 amide bonds. The summed E-state index contributed by atoms with van der Waals surface area (Å²) in [6, 6.07) is 22.1. The molecular weight excluding hydrogens is 604 g/mol. The van der Waals surface area contributed by atoms with Gasteiger partial charge in [0, 0.05) is 0 Å². The van der Waals surface area contributed by atoms with Crippen LogP contribution in [0.15, 0.2) is 60.7 Å². The summed E-state index contributed by atoms with van der Waals surface area (Å²) in [5.41, 5.74) is 0. The summed E-state index contributed by atoms with van der Waals surface area (Å²) in [4.78, 5) is 0. The summed E-state index contributed by atoms with van der Waals surface area (Å²) in [7, 11) is 0. The molecule has 4 aliphatic rings. The fraction of sp³-hybridized carbons (Fsp3) is 0.600. The van der Waals surface area contributed by atoms with Crippen LogP contribution in [0.5, 0.6) is 0 Å². The molecule has 6 unspecified atom stereocenters. The second-order valence-corrected chi connectivity index (χ2v) is 25.8. The Kier molecular flexibility index (Phi) is 7.71. The minimum atomic E-state index is -1.65. The SMILES string of the molecule is C1CC2CC1C[CH]2[SbH][CH]1CC2CCC1C2.C[C](C)(C)[Sb]([c]1ccccc1)[c]1ccccc1. The number of hydrogen-bond acceptors (Lipinski definition) is 0. The molecule has 0 aromatic heterocycles. The minimum absolute atomic E-state index is 0.00958. The van der Waals surface area contributed by atoms with Gasteiger partial charge in [-0.2, -0.15) is 0 Å². The van der Waals surface area contributed by atoms with Crippen LogP contribution < -0.4 is 7.02 Å². The summed E-state index contributed by atoms with van der Waals surface area (Å²) < 4.78 is 6.25. The van der Waals surface area contributed by atoms with E-state index in [1.54, 1.807) is 58.4 Å². The molecule has 4 saturated carbocycles. The molecule has 0 aliphatic heterocycles. The Morgan fingerprint density at radius 2 is 1.06 bits per heavy atom. The van der Waals surface area contributed by atoms with Gasteiger partial charge in [-0.15, -0.1) is 0 Å². The van der Waals surface area contributed by atoms with Gasteiger partial charge in [0.1, 0.15) is 0 Å². The van der Waals surface area contributed by atoms with Crippen molar-refractivity contribution in [1.29, 1.82) is 0 Å². The Labute approximate surface area is 214 Å². The summed E-state index contributed by atoms with van der Waals surface area (Å²) in [6.07, 6.45) is 13.2. The molecule has 32 heavy (non-hydrogen) atoms. The van der Waals surface area contributed by atoms with Crippen molar-refractivity contribution in [1.82, 2.24) is 0 Å². The van der Waals surface area contributed by atoms with Crippen molar-refractivity contribution in [3.8, 4) is 0 Å². The first-order chi connectivity index (χ1) is 15.5. The zero-order chi connectivity index (χ0) is 22.1. The third-order valence-corrected chi connectivity index (χ3v) is 23.6. The Morgan fingerprint density at radius 1 is 0.625 bits per heavy atom. The van der Waals surface area contributed by atoms with E-state index in [0.717, 1.165) is 0 Å². The molecule has 172 valence electrons. The Hall–Kier alpha value is 0.0764. The number of fused-ring (bicyclic) bond motifs is 4. The first kappa shape index (κ1) is 23.8. The van der Waals surface area contributed by atoms with Crippen LogP contribution in [0.4, 0.5) is 0 Å². The normalized spacial score (nSPS) is 32.9. The van der Waals surface area contributed by atoms with Gasteiger partial charge in [0.15, 0.2) is 0 Å². The van der Waals surface area contributed by atoms with Gasteiger partial charge in [0.05, 0.1) is 0 Å². The van der Waals surface area contributed by atoms with E-state index in [2.05, 4.69) is 81.4 Å². The quantitative estimate of drug-likeness (QED) is 0.324. The van der Waals surface area contributed by atoms with E-state index in [1.165, 1.54) is 31.4 Å². The second-order valence-electron chi connectivity index (χ2n) is 11.9. The molecule has 6 atom stereocenters. The van der Waals surface area contributed by atoms with Gasteiger partial charge < -0.3 is 0 Å². The Bertz CT molecular complexity index is 790. The van der Waals surface area contributed by atoms with Crippen LogP contribution in [0.1, 0.15) is 72.1 Å². The number of rotatable bonds is 4. The van der Waals surface area contributed by atoms with Crippen molar-refractivity contribution in [2.24, 2.45) is 23.7 Å². The Morgan fingerprint density at radius 3 is 1.38 bits per heavy atom. The number of benzene rings is 2. The number of hydrogen-bond donors (Lipinski definition) is 0. The molecule has 0 saturated heterocycles. The molecule has 0 N–H and O–H groups in total. The molecule has 0 radical (unpaired) electrons. The molecular formula is C30H42Sb2. The standard InChI is InChI=1S/2C7H11.2C6H5.C4H9.2Sb.H/c2*1-2-7-4-3-6(1)5-7;2*1-2-4-6-5-3-1;1-4(2)3;;;/h2*1,6-7H,2-5H2;2*1-5H;1-3H3;;;. The van der Waals surface area contributed by atoms with E-state index in [4.69, 9.17) is 0 Å². The zero-order valence-electron chi connectivity index (χ0n) is 20.3. The van der Waals surface area contributed by atoms with Crippen LogP contribution in [0.3, 0.4) is 0 Å². The maximum absolute atomic E-state index is 2.38. The summed E-state index contributed by atoms with van der Waals surface area (Å²) in [6.45, 7) is 7.15. The Balaban J connectivity index is 0.000000136. The van der Waals surface area contributed by atoms with E-state index in [0.29, 0.717) is 3.36 Å². The molecule has 6 rings (SSSR count). The van der Waals surface area contributed by atoms with E-state index in [9.17, 15) is 0 Å². The predicted octanol–water partition coefficient (Wildman–Crippen LogP) is 6.74. The first-order valence-electron chi connectivity index (χ1n) is 13.1. The molecule has 0 nitrogen and oxygen atoms in total. The summed E-state index contributed by atoms with van der Waals surface area (Å²) in [5.74, 6) is 4.92. The molecule has 4 aliphatic carbocycles. The first-order valence-corrected chi connectivity index (χ1v) is 20.3. The molecule has 2 aromatic rings. The summed E-state index contributed by atoms with van der Waals surface area (Å²) in [5, 5.41) is 0. The average molecular weight is 646 g/mol. The molecule has 0 heterocycles. The van der Waals surface area contributed by atoms with E-state index >= 15 is 0 Å². The van der Waals surface area contributed by atoms with Crippen LogP contribution in [0, 0.1) is 23.7 Å². The van der Waals surface area contributed by atoms with Gasteiger partial charge in [-0.1, -0.05) is 0 Å². The van der Waals surface area contributed by atoms with Gasteiger partial charge in [-0.25, -0.2) is 0 Å². The van der Waals surface area contributed by atoms with E-state index < -0.39 is 20.2 Å². The van der Waals surface area contributed by atoms with Crippen molar-refractivity contribution in [3.05, 3.63) is 60.7 Å². The molecule has 2 heteroatoms.